The van der Waals surface area contributed by atoms with Gasteiger partial charge in [0.2, 0.25) is 0 Å². The Morgan fingerprint density at radius 1 is 1.25 bits per heavy atom. The van der Waals surface area contributed by atoms with Crippen molar-refractivity contribution >= 4 is 11.0 Å². The Kier molecular flexibility index (Phi) is 4.38. The largest absolute Gasteiger partial charge is 0.492 e. The number of rotatable bonds is 4. The fraction of sp³-hybridized carbons (Fsp3) is 0.500. The zero-order valence-corrected chi connectivity index (χ0v) is 14.4. The van der Waals surface area contributed by atoms with Crippen LogP contribution in [0, 0.1) is 13.8 Å². The van der Waals surface area contributed by atoms with Crippen LogP contribution in [0.1, 0.15) is 36.5 Å². The minimum Gasteiger partial charge on any atom is -0.492 e. The van der Waals surface area contributed by atoms with E-state index in [4.69, 9.17) is 9.15 Å². The van der Waals surface area contributed by atoms with Crippen molar-refractivity contribution in [3.63, 3.8) is 0 Å². The molecule has 0 radical (unpaired) electrons. The fourth-order valence-electron chi connectivity index (χ4n) is 3.41. The molecule has 0 spiro atoms. The van der Waals surface area contributed by atoms with E-state index in [1.807, 2.05) is 19.9 Å². The van der Waals surface area contributed by atoms with E-state index in [1.165, 1.54) is 6.07 Å². The summed E-state index contributed by atoms with van der Waals surface area (Å²) >= 11 is 0. The van der Waals surface area contributed by atoms with E-state index in [2.05, 4.69) is 0 Å². The van der Waals surface area contributed by atoms with Gasteiger partial charge in [-0.05, 0) is 39.3 Å². The quantitative estimate of drug-likeness (QED) is 0.656. The molecule has 24 heavy (non-hydrogen) atoms. The number of ether oxygens (including phenoxy) is 1. The van der Waals surface area contributed by atoms with Crippen molar-refractivity contribution in [2.45, 2.75) is 46.1 Å². The number of hydrogen-bond donors (Lipinski definition) is 2. The molecule has 0 saturated heterocycles. The van der Waals surface area contributed by atoms with Crippen molar-refractivity contribution in [1.29, 1.82) is 0 Å². The number of aryl methyl sites for hydroxylation is 2. The van der Waals surface area contributed by atoms with Crippen molar-refractivity contribution in [1.82, 2.24) is 4.90 Å². The third kappa shape index (κ3) is 2.81. The lowest BCUT2D eigenvalue weighted by Gasteiger charge is -2.30. The van der Waals surface area contributed by atoms with Crippen LogP contribution >= 0.6 is 0 Å². The predicted molar refractivity (Wildman–Crippen MR) is 90.3 cm³/mol. The van der Waals surface area contributed by atoms with Crippen LogP contribution in [0.15, 0.2) is 21.3 Å². The second kappa shape index (κ2) is 6.20. The molecule has 3 atom stereocenters. The molecule has 2 N–H and O–H groups in total. The molecular formula is C18H23NO5. The van der Waals surface area contributed by atoms with Crippen LogP contribution in [-0.2, 0) is 0 Å². The molecule has 6 nitrogen and oxygen atoms in total. The lowest BCUT2D eigenvalue weighted by molar-refractivity contribution is -0.0872. The second-order valence-corrected chi connectivity index (χ2v) is 6.51. The highest BCUT2D eigenvalue weighted by atomic mass is 16.5. The van der Waals surface area contributed by atoms with E-state index in [1.54, 1.807) is 18.7 Å². The minimum atomic E-state index is -0.754. The summed E-state index contributed by atoms with van der Waals surface area (Å²) in [6.45, 7) is 7.97. The molecular weight excluding hydrogens is 310 g/mol. The maximum atomic E-state index is 11.6. The molecule has 0 amide bonds. The standard InChI is InChI=1S/C18H23NO5/c1-9-5-16(22)24-18-10(2)17-15(6-14(9)18)13(8-23-17)7-19(11(3)20)12(4)21/h5-6,11-13,20-21H,7-8H2,1-4H3. The van der Waals surface area contributed by atoms with Gasteiger partial charge in [0.1, 0.15) is 23.8 Å². The first-order valence-electron chi connectivity index (χ1n) is 8.12. The van der Waals surface area contributed by atoms with Crippen LogP contribution in [0.2, 0.25) is 0 Å². The first kappa shape index (κ1) is 17.0. The van der Waals surface area contributed by atoms with Crippen LogP contribution < -0.4 is 10.4 Å². The summed E-state index contributed by atoms with van der Waals surface area (Å²) in [5.41, 5.74) is 2.88. The highest BCUT2D eigenvalue weighted by Crippen LogP contribution is 2.41. The topological polar surface area (TPSA) is 83.1 Å². The molecule has 130 valence electrons. The van der Waals surface area contributed by atoms with Crippen LogP contribution in [-0.4, -0.2) is 40.7 Å². The first-order chi connectivity index (χ1) is 11.3. The second-order valence-electron chi connectivity index (χ2n) is 6.51. The fourth-order valence-corrected chi connectivity index (χ4v) is 3.41. The molecule has 1 aromatic heterocycles. The molecule has 0 aliphatic carbocycles. The van der Waals surface area contributed by atoms with E-state index < -0.39 is 12.5 Å². The normalized spacial score (nSPS) is 19.4. The summed E-state index contributed by atoms with van der Waals surface area (Å²) in [6, 6.07) is 3.48. The smallest absolute Gasteiger partial charge is 0.336 e. The Balaban J connectivity index is 2.07. The van der Waals surface area contributed by atoms with Crippen molar-refractivity contribution in [2.24, 2.45) is 0 Å². The van der Waals surface area contributed by atoms with Crippen LogP contribution in [0.25, 0.3) is 11.0 Å². The van der Waals surface area contributed by atoms with Gasteiger partial charge in [0.05, 0.1) is 6.61 Å². The van der Waals surface area contributed by atoms with E-state index >= 15 is 0 Å². The van der Waals surface area contributed by atoms with E-state index in [0.717, 1.165) is 27.8 Å². The molecule has 3 rings (SSSR count). The SMILES string of the molecule is Cc1cc(=O)oc2c(C)c3c(cc12)C(CN(C(C)O)C(C)O)CO3. The molecule has 2 aromatic rings. The molecule has 1 aliphatic heterocycles. The van der Waals surface area contributed by atoms with Gasteiger partial charge in [0.25, 0.3) is 0 Å². The molecule has 1 aliphatic rings. The van der Waals surface area contributed by atoms with Gasteiger partial charge in [-0.3, -0.25) is 4.90 Å². The Hall–Kier alpha value is -1.89. The molecule has 1 aromatic carbocycles. The highest BCUT2D eigenvalue weighted by Gasteiger charge is 2.31. The third-order valence-corrected chi connectivity index (χ3v) is 4.71. The minimum absolute atomic E-state index is 0.0265. The summed E-state index contributed by atoms with van der Waals surface area (Å²) in [6.07, 6.45) is -1.51. The van der Waals surface area contributed by atoms with Gasteiger partial charge in [-0.1, -0.05) is 0 Å². The summed E-state index contributed by atoms with van der Waals surface area (Å²) in [4.78, 5) is 13.3. The van der Waals surface area contributed by atoms with Gasteiger partial charge in [0.15, 0.2) is 0 Å². The number of nitrogens with zero attached hydrogens (tertiary/aromatic N) is 1. The summed E-state index contributed by atoms with van der Waals surface area (Å²) in [7, 11) is 0. The van der Waals surface area contributed by atoms with Gasteiger partial charge < -0.3 is 19.4 Å². The van der Waals surface area contributed by atoms with Crippen LogP contribution in [0.3, 0.4) is 0 Å². The maximum absolute atomic E-state index is 11.6. The van der Waals surface area contributed by atoms with Crippen LogP contribution in [0.4, 0.5) is 0 Å². The van der Waals surface area contributed by atoms with Crippen molar-refractivity contribution in [3.8, 4) is 5.75 Å². The number of aliphatic hydroxyl groups is 2. The van der Waals surface area contributed by atoms with Gasteiger partial charge in [0, 0.05) is 35.0 Å². The lowest BCUT2D eigenvalue weighted by Crippen LogP contribution is -2.42. The van der Waals surface area contributed by atoms with Gasteiger partial charge in [-0.25, -0.2) is 4.79 Å². The maximum Gasteiger partial charge on any atom is 0.336 e. The average molecular weight is 333 g/mol. The number of hydrogen-bond acceptors (Lipinski definition) is 6. The zero-order chi connectivity index (χ0) is 17.6. The first-order valence-corrected chi connectivity index (χ1v) is 8.12. The van der Waals surface area contributed by atoms with E-state index in [9.17, 15) is 15.0 Å². The predicted octanol–water partition coefficient (Wildman–Crippen LogP) is 1.86. The van der Waals surface area contributed by atoms with E-state index in [0.29, 0.717) is 18.7 Å². The van der Waals surface area contributed by atoms with Crippen LogP contribution in [0.5, 0.6) is 5.75 Å². The van der Waals surface area contributed by atoms with Crippen molar-refractivity contribution in [2.75, 3.05) is 13.2 Å². The third-order valence-electron chi connectivity index (χ3n) is 4.71. The van der Waals surface area contributed by atoms with Crippen molar-refractivity contribution < 1.29 is 19.4 Å². The Morgan fingerprint density at radius 2 is 1.92 bits per heavy atom. The average Bonchev–Trinajstić information content (AvgIpc) is 2.88. The molecule has 0 saturated carbocycles. The monoisotopic (exact) mass is 333 g/mol. The van der Waals surface area contributed by atoms with Crippen molar-refractivity contribution in [3.05, 3.63) is 39.2 Å². The summed E-state index contributed by atoms with van der Waals surface area (Å²) in [5.74, 6) is 0.760. The zero-order valence-electron chi connectivity index (χ0n) is 14.4. The van der Waals surface area contributed by atoms with Gasteiger partial charge in [-0.15, -0.1) is 0 Å². The van der Waals surface area contributed by atoms with E-state index in [-0.39, 0.29) is 11.5 Å². The Bertz CT molecular complexity index is 816. The number of benzene rings is 1. The summed E-state index contributed by atoms with van der Waals surface area (Å²) < 4.78 is 11.2. The molecule has 6 heteroatoms. The number of aliphatic hydroxyl groups excluding tert-OH is 2. The lowest BCUT2D eigenvalue weighted by atomic mass is 9.95. The molecule has 3 unspecified atom stereocenters. The molecule has 0 fully saturated rings. The summed E-state index contributed by atoms with van der Waals surface area (Å²) in [5, 5.41) is 20.6. The highest BCUT2D eigenvalue weighted by molar-refractivity contribution is 5.86. The Labute approximate surface area is 140 Å². The molecule has 2 heterocycles. The number of fused-ring (bicyclic) bond motifs is 2. The Morgan fingerprint density at radius 3 is 2.54 bits per heavy atom. The molecule has 0 bridgehead atoms. The van der Waals surface area contributed by atoms with Gasteiger partial charge >= 0.3 is 5.63 Å². The van der Waals surface area contributed by atoms with Gasteiger partial charge in [-0.2, -0.15) is 0 Å².